The number of fused-ring (bicyclic) bond motifs is 1. The molecule has 0 aliphatic heterocycles. The van der Waals surface area contributed by atoms with Gasteiger partial charge in [-0.2, -0.15) is 5.26 Å². The molecule has 0 saturated carbocycles. The lowest BCUT2D eigenvalue weighted by Crippen LogP contribution is -1.95. The number of rotatable bonds is 2. The van der Waals surface area contributed by atoms with E-state index in [-0.39, 0.29) is 0 Å². The summed E-state index contributed by atoms with van der Waals surface area (Å²) in [6.45, 7) is 2.09. The lowest BCUT2D eigenvalue weighted by Gasteiger charge is -2.09. The van der Waals surface area contributed by atoms with Crippen molar-refractivity contribution in [2.45, 2.75) is 6.92 Å². The number of hydrogen-bond donors (Lipinski definition) is 0. The molecule has 0 aliphatic rings. The van der Waals surface area contributed by atoms with Crippen LogP contribution in [0.4, 0.5) is 0 Å². The molecule has 0 saturated heterocycles. The van der Waals surface area contributed by atoms with Crippen LogP contribution < -0.4 is 0 Å². The molecule has 2 heterocycles. The number of hydrogen-bond acceptors (Lipinski definition) is 2. The minimum absolute atomic E-state index is 0.675. The summed E-state index contributed by atoms with van der Waals surface area (Å²) in [7, 11) is 0. The van der Waals surface area contributed by atoms with Crippen molar-refractivity contribution in [3.63, 3.8) is 0 Å². The van der Waals surface area contributed by atoms with E-state index < -0.39 is 0 Å². The highest BCUT2D eigenvalue weighted by Gasteiger charge is 2.10. The van der Waals surface area contributed by atoms with Gasteiger partial charge in [0.2, 0.25) is 0 Å². The van der Waals surface area contributed by atoms with Crippen LogP contribution in [0.3, 0.4) is 0 Å². The molecule has 24 heavy (non-hydrogen) atoms. The first-order valence-electron chi connectivity index (χ1n) is 7.79. The molecule has 0 atom stereocenters. The predicted octanol–water partition coefficient (Wildman–Crippen LogP) is 4.87. The first-order valence-corrected chi connectivity index (χ1v) is 7.79. The summed E-state index contributed by atoms with van der Waals surface area (Å²) in [5.41, 5.74) is 6.37. The third kappa shape index (κ3) is 2.26. The topological polar surface area (TPSA) is 41.6 Å². The zero-order valence-corrected chi connectivity index (χ0v) is 13.3. The number of benzene rings is 2. The summed E-state index contributed by atoms with van der Waals surface area (Å²) in [6, 6.07) is 20.3. The van der Waals surface area contributed by atoms with Crippen LogP contribution in [0, 0.1) is 18.3 Å². The van der Waals surface area contributed by atoms with Crippen LogP contribution >= 0.6 is 0 Å². The molecule has 2 aromatic heterocycles. The highest BCUT2D eigenvalue weighted by Crippen LogP contribution is 2.31. The number of nitrogens with zero attached hydrogens (tertiary/aromatic N) is 3. The molecule has 0 radical (unpaired) electrons. The molecule has 2 aromatic carbocycles. The molecule has 3 nitrogen and oxygen atoms in total. The van der Waals surface area contributed by atoms with E-state index in [9.17, 15) is 0 Å². The van der Waals surface area contributed by atoms with Crippen molar-refractivity contribution in [2.75, 3.05) is 0 Å². The second kappa shape index (κ2) is 5.68. The summed E-state index contributed by atoms with van der Waals surface area (Å²) >= 11 is 0. The fourth-order valence-corrected chi connectivity index (χ4v) is 3.06. The van der Waals surface area contributed by atoms with Crippen LogP contribution in [0.2, 0.25) is 0 Å². The van der Waals surface area contributed by atoms with E-state index in [2.05, 4.69) is 53.0 Å². The summed E-state index contributed by atoms with van der Waals surface area (Å²) in [4.78, 5) is 4.26. The van der Waals surface area contributed by atoms with Gasteiger partial charge in [0.05, 0.1) is 29.0 Å². The van der Waals surface area contributed by atoms with Crippen molar-refractivity contribution < 1.29 is 0 Å². The largest absolute Gasteiger partial charge is 0.315 e. The van der Waals surface area contributed by atoms with E-state index in [1.54, 1.807) is 0 Å². The van der Waals surface area contributed by atoms with Crippen molar-refractivity contribution in [3.05, 3.63) is 84.3 Å². The van der Waals surface area contributed by atoms with Crippen LogP contribution in [0.25, 0.3) is 27.7 Å². The quantitative estimate of drug-likeness (QED) is 0.530. The zero-order valence-electron chi connectivity index (χ0n) is 13.3. The van der Waals surface area contributed by atoms with Crippen molar-refractivity contribution in [1.82, 2.24) is 9.55 Å². The van der Waals surface area contributed by atoms with Crippen LogP contribution in [0.15, 0.2) is 73.2 Å². The number of nitriles is 1. The lowest BCUT2D eigenvalue weighted by atomic mass is 10.0. The van der Waals surface area contributed by atoms with Gasteiger partial charge in [-0.15, -0.1) is 0 Å². The Labute approximate surface area is 140 Å². The fraction of sp³-hybridized carbons (Fsp3) is 0.0476. The Morgan fingerprint density at radius 2 is 1.83 bits per heavy atom. The molecule has 0 unspecified atom stereocenters. The van der Waals surface area contributed by atoms with E-state index in [1.807, 2.05) is 42.7 Å². The van der Waals surface area contributed by atoms with Crippen molar-refractivity contribution >= 4 is 10.9 Å². The molecule has 4 rings (SSSR count). The van der Waals surface area contributed by atoms with Gasteiger partial charge in [-0.25, -0.2) is 0 Å². The predicted molar refractivity (Wildman–Crippen MR) is 96.0 cm³/mol. The van der Waals surface area contributed by atoms with E-state index in [0.717, 1.165) is 22.3 Å². The monoisotopic (exact) mass is 309 g/mol. The van der Waals surface area contributed by atoms with Crippen molar-refractivity contribution in [1.29, 1.82) is 5.26 Å². The molecule has 0 aliphatic carbocycles. The second-order valence-corrected chi connectivity index (χ2v) is 5.78. The maximum atomic E-state index is 8.97. The summed E-state index contributed by atoms with van der Waals surface area (Å²) in [6.07, 6.45) is 5.79. The Morgan fingerprint density at radius 3 is 2.58 bits per heavy atom. The van der Waals surface area contributed by atoms with Crippen LogP contribution in [0.5, 0.6) is 0 Å². The molecule has 0 bridgehead atoms. The lowest BCUT2D eigenvalue weighted by molar-refractivity contribution is 1.07. The first-order chi connectivity index (χ1) is 11.8. The molecular formula is C21H15N3. The molecule has 114 valence electrons. The SMILES string of the molecule is Cc1ccncc1-n1ccc2c(-c3ccc(C#N)cc3)cccc21. The van der Waals surface area contributed by atoms with Crippen LogP contribution in [0.1, 0.15) is 11.1 Å². The standard InChI is InChI=1S/C21H15N3/c1-15-9-11-23-14-21(15)24-12-10-19-18(3-2-4-20(19)24)17-7-5-16(13-22)6-8-17/h2-12,14H,1H3. The molecule has 0 spiro atoms. The molecule has 0 amide bonds. The van der Waals surface area contributed by atoms with Gasteiger partial charge in [0.15, 0.2) is 0 Å². The van der Waals surface area contributed by atoms with Gasteiger partial charge >= 0.3 is 0 Å². The van der Waals surface area contributed by atoms with Gasteiger partial charge in [0.25, 0.3) is 0 Å². The van der Waals surface area contributed by atoms with Crippen molar-refractivity contribution in [2.24, 2.45) is 0 Å². The van der Waals surface area contributed by atoms with Crippen LogP contribution in [-0.2, 0) is 0 Å². The van der Waals surface area contributed by atoms with Gasteiger partial charge in [-0.1, -0.05) is 24.3 Å². The average Bonchev–Trinajstić information content (AvgIpc) is 3.06. The Morgan fingerprint density at radius 1 is 1.00 bits per heavy atom. The normalized spacial score (nSPS) is 10.7. The number of aromatic nitrogens is 2. The second-order valence-electron chi connectivity index (χ2n) is 5.78. The molecule has 0 N–H and O–H groups in total. The Bertz CT molecular complexity index is 1070. The van der Waals surface area contributed by atoms with Gasteiger partial charge in [0, 0.05) is 17.8 Å². The Balaban J connectivity index is 1.91. The Hall–Kier alpha value is -3.38. The highest BCUT2D eigenvalue weighted by molar-refractivity contribution is 5.96. The maximum absolute atomic E-state index is 8.97. The fourth-order valence-electron chi connectivity index (χ4n) is 3.06. The third-order valence-corrected chi connectivity index (χ3v) is 4.33. The summed E-state index contributed by atoms with van der Waals surface area (Å²) in [5.74, 6) is 0. The van der Waals surface area contributed by atoms with E-state index in [4.69, 9.17) is 5.26 Å². The third-order valence-electron chi connectivity index (χ3n) is 4.33. The number of pyridine rings is 1. The smallest absolute Gasteiger partial charge is 0.0991 e. The Kier molecular flexibility index (Phi) is 3.36. The van der Waals surface area contributed by atoms with Crippen LogP contribution in [-0.4, -0.2) is 9.55 Å². The van der Waals surface area contributed by atoms with Gasteiger partial charge in [-0.3, -0.25) is 4.98 Å². The average molecular weight is 309 g/mol. The zero-order chi connectivity index (χ0) is 16.5. The molecule has 4 aromatic rings. The number of aryl methyl sites for hydroxylation is 1. The van der Waals surface area contributed by atoms with E-state index in [1.165, 1.54) is 10.9 Å². The minimum Gasteiger partial charge on any atom is -0.315 e. The summed E-state index contributed by atoms with van der Waals surface area (Å²) < 4.78 is 2.17. The van der Waals surface area contributed by atoms with Crippen molar-refractivity contribution in [3.8, 4) is 22.9 Å². The van der Waals surface area contributed by atoms with Gasteiger partial charge in [0.1, 0.15) is 0 Å². The first kappa shape index (κ1) is 14.2. The maximum Gasteiger partial charge on any atom is 0.0991 e. The molecular weight excluding hydrogens is 294 g/mol. The highest BCUT2D eigenvalue weighted by atomic mass is 15.0. The van der Waals surface area contributed by atoms with Gasteiger partial charge < -0.3 is 4.57 Å². The molecule has 0 fully saturated rings. The van der Waals surface area contributed by atoms with Gasteiger partial charge in [-0.05, 0) is 53.9 Å². The van der Waals surface area contributed by atoms with E-state index in [0.29, 0.717) is 5.56 Å². The molecule has 3 heteroatoms. The summed E-state index contributed by atoms with van der Waals surface area (Å²) in [5, 5.41) is 10.2. The minimum atomic E-state index is 0.675. The van der Waals surface area contributed by atoms with E-state index >= 15 is 0 Å².